The SMILES string of the molecule is Cc1ccc(C(=O)Nc2cccc(C(F)(F)F)c2)cc1Nc1nc(-c2cccnc2)nc2cc[nH]c12. The molecule has 0 spiro atoms. The molecule has 10 heteroatoms. The summed E-state index contributed by atoms with van der Waals surface area (Å²) in [6.07, 6.45) is 0.582. The minimum absolute atomic E-state index is 0.0508. The average molecular weight is 488 g/mol. The van der Waals surface area contributed by atoms with Crippen molar-refractivity contribution in [3.8, 4) is 11.4 Å². The number of carbonyl (C=O) groups excluding carboxylic acids is 1. The first kappa shape index (κ1) is 23.0. The zero-order valence-corrected chi connectivity index (χ0v) is 18.9. The van der Waals surface area contributed by atoms with Crippen molar-refractivity contribution in [1.29, 1.82) is 0 Å². The van der Waals surface area contributed by atoms with Gasteiger partial charge in [0.25, 0.3) is 5.91 Å². The van der Waals surface area contributed by atoms with Crippen LogP contribution in [0, 0.1) is 6.92 Å². The van der Waals surface area contributed by atoms with Gasteiger partial charge in [-0.1, -0.05) is 12.1 Å². The zero-order chi connectivity index (χ0) is 25.3. The molecular formula is C26H19F3N6O. The van der Waals surface area contributed by atoms with Crippen molar-refractivity contribution in [2.45, 2.75) is 13.1 Å². The number of amides is 1. The van der Waals surface area contributed by atoms with Crippen LogP contribution >= 0.6 is 0 Å². The summed E-state index contributed by atoms with van der Waals surface area (Å²) >= 11 is 0. The third-order valence-corrected chi connectivity index (χ3v) is 5.53. The van der Waals surface area contributed by atoms with Crippen molar-refractivity contribution in [1.82, 2.24) is 19.9 Å². The molecule has 0 aliphatic carbocycles. The summed E-state index contributed by atoms with van der Waals surface area (Å²) in [4.78, 5) is 29.3. The number of fused-ring (bicyclic) bond motifs is 1. The van der Waals surface area contributed by atoms with Crippen LogP contribution in [0.5, 0.6) is 0 Å². The van der Waals surface area contributed by atoms with Crippen molar-refractivity contribution in [3.63, 3.8) is 0 Å². The maximum atomic E-state index is 13.0. The van der Waals surface area contributed by atoms with E-state index in [1.54, 1.807) is 42.9 Å². The fraction of sp³-hybridized carbons (Fsp3) is 0.0769. The average Bonchev–Trinajstić information content (AvgIpc) is 3.35. The van der Waals surface area contributed by atoms with Gasteiger partial charge in [0.15, 0.2) is 11.6 Å². The number of H-pyrrole nitrogens is 1. The highest BCUT2D eigenvalue weighted by atomic mass is 19.4. The predicted molar refractivity (Wildman–Crippen MR) is 131 cm³/mol. The van der Waals surface area contributed by atoms with Gasteiger partial charge in [-0.05, 0) is 61.0 Å². The van der Waals surface area contributed by atoms with Gasteiger partial charge in [-0.3, -0.25) is 9.78 Å². The second-order valence-corrected chi connectivity index (χ2v) is 8.06. The molecule has 0 fully saturated rings. The summed E-state index contributed by atoms with van der Waals surface area (Å²) in [7, 11) is 0. The van der Waals surface area contributed by atoms with Crippen LogP contribution < -0.4 is 10.6 Å². The lowest BCUT2D eigenvalue weighted by Gasteiger charge is -2.13. The number of aromatic nitrogens is 4. The zero-order valence-electron chi connectivity index (χ0n) is 18.9. The van der Waals surface area contributed by atoms with E-state index in [1.807, 2.05) is 19.1 Å². The Morgan fingerprint density at radius 3 is 2.64 bits per heavy atom. The molecule has 0 bridgehead atoms. The Bertz CT molecular complexity index is 1560. The van der Waals surface area contributed by atoms with E-state index in [-0.39, 0.29) is 11.3 Å². The van der Waals surface area contributed by atoms with Gasteiger partial charge < -0.3 is 15.6 Å². The van der Waals surface area contributed by atoms with Crippen molar-refractivity contribution >= 4 is 34.1 Å². The molecule has 0 aliphatic heterocycles. The molecule has 0 aliphatic rings. The van der Waals surface area contributed by atoms with Gasteiger partial charge in [-0.25, -0.2) is 9.97 Å². The Morgan fingerprint density at radius 1 is 1.00 bits per heavy atom. The second kappa shape index (κ2) is 9.14. The summed E-state index contributed by atoms with van der Waals surface area (Å²) < 4.78 is 39.1. The first-order chi connectivity index (χ1) is 17.3. The molecule has 5 rings (SSSR count). The second-order valence-electron chi connectivity index (χ2n) is 8.06. The molecule has 36 heavy (non-hydrogen) atoms. The van der Waals surface area contributed by atoms with E-state index in [0.29, 0.717) is 28.4 Å². The number of alkyl halides is 3. The predicted octanol–water partition coefficient (Wildman–Crippen LogP) is 6.34. The summed E-state index contributed by atoms with van der Waals surface area (Å²) in [5.74, 6) is 0.442. The number of halogens is 3. The Labute approximate surface area is 203 Å². The van der Waals surface area contributed by atoms with Crippen LogP contribution in [0.25, 0.3) is 22.4 Å². The smallest absolute Gasteiger partial charge is 0.357 e. The molecule has 3 aromatic heterocycles. The summed E-state index contributed by atoms with van der Waals surface area (Å²) in [5, 5.41) is 5.80. The number of benzene rings is 2. The highest BCUT2D eigenvalue weighted by Crippen LogP contribution is 2.31. The molecule has 3 N–H and O–H groups in total. The molecule has 1 amide bonds. The molecule has 0 saturated carbocycles. The fourth-order valence-corrected chi connectivity index (χ4v) is 3.66. The van der Waals surface area contributed by atoms with Crippen molar-refractivity contribution in [3.05, 3.63) is 95.9 Å². The van der Waals surface area contributed by atoms with E-state index in [9.17, 15) is 18.0 Å². The number of hydrogen-bond acceptors (Lipinski definition) is 5. The number of hydrogen-bond donors (Lipinski definition) is 3. The number of aromatic amines is 1. The standard InChI is InChI=1S/C26H19F3N6O/c1-15-7-8-16(25(36)32-19-6-2-5-18(13-19)26(27,28)29)12-21(15)34-24-22-20(9-11-31-22)33-23(35-24)17-4-3-10-30-14-17/h2-14,31H,1H3,(H,32,36)(H,33,34,35). The van der Waals surface area contributed by atoms with Crippen molar-refractivity contribution < 1.29 is 18.0 Å². The van der Waals surface area contributed by atoms with E-state index >= 15 is 0 Å². The Balaban J connectivity index is 1.45. The van der Waals surface area contributed by atoms with Gasteiger partial charge in [-0.2, -0.15) is 13.2 Å². The number of anilines is 3. The number of aryl methyl sites for hydroxylation is 1. The van der Waals surface area contributed by atoms with E-state index in [2.05, 4.69) is 30.6 Å². The summed E-state index contributed by atoms with van der Waals surface area (Å²) in [6.45, 7) is 1.87. The lowest BCUT2D eigenvalue weighted by Crippen LogP contribution is -2.13. The van der Waals surface area contributed by atoms with Crippen LogP contribution in [0.2, 0.25) is 0 Å². The molecule has 0 atom stereocenters. The van der Waals surface area contributed by atoms with Crippen molar-refractivity contribution in [2.75, 3.05) is 10.6 Å². The molecular weight excluding hydrogens is 469 g/mol. The summed E-state index contributed by atoms with van der Waals surface area (Å²) in [5.41, 5.74) is 3.05. The lowest BCUT2D eigenvalue weighted by molar-refractivity contribution is -0.137. The molecule has 7 nitrogen and oxygen atoms in total. The van der Waals surface area contributed by atoms with Gasteiger partial charge in [0.1, 0.15) is 5.52 Å². The lowest BCUT2D eigenvalue weighted by atomic mass is 10.1. The molecule has 3 heterocycles. The van der Waals surface area contributed by atoms with Gasteiger partial charge in [0, 0.05) is 41.1 Å². The maximum absolute atomic E-state index is 13.0. The minimum atomic E-state index is -4.50. The number of nitrogens with one attached hydrogen (secondary N) is 3. The number of carbonyl (C=O) groups is 1. The van der Waals surface area contributed by atoms with Crippen LogP contribution in [-0.2, 0) is 6.18 Å². The van der Waals surface area contributed by atoms with E-state index < -0.39 is 17.6 Å². The summed E-state index contributed by atoms with van der Waals surface area (Å²) in [6, 6.07) is 15.0. The first-order valence-electron chi connectivity index (χ1n) is 10.9. The normalized spacial score (nSPS) is 11.4. The van der Waals surface area contributed by atoms with E-state index in [1.165, 1.54) is 12.1 Å². The van der Waals surface area contributed by atoms with Gasteiger partial charge in [0.2, 0.25) is 0 Å². The Hall–Kier alpha value is -4.73. The highest BCUT2D eigenvalue weighted by Gasteiger charge is 2.30. The third-order valence-electron chi connectivity index (χ3n) is 5.53. The molecule has 180 valence electrons. The van der Waals surface area contributed by atoms with Gasteiger partial charge in [-0.15, -0.1) is 0 Å². The minimum Gasteiger partial charge on any atom is -0.357 e. The third kappa shape index (κ3) is 4.74. The van der Waals surface area contributed by atoms with Crippen LogP contribution in [0.4, 0.5) is 30.4 Å². The molecule has 2 aromatic carbocycles. The fourth-order valence-electron chi connectivity index (χ4n) is 3.66. The van der Waals surface area contributed by atoms with Crippen LogP contribution in [0.1, 0.15) is 21.5 Å². The van der Waals surface area contributed by atoms with Crippen LogP contribution in [0.3, 0.4) is 0 Å². The first-order valence-corrected chi connectivity index (χ1v) is 10.9. The van der Waals surface area contributed by atoms with Gasteiger partial charge in [0.05, 0.1) is 11.1 Å². The molecule has 0 saturated heterocycles. The molecule has 0 unspecified atom stereocenters. The van der Waals surface area contributed by atoms with Gasteiger partial charge >= 0.3 is 6.18 Å². The maximum Gasteiger partial charge on any atom is 0.416 e. The quantitative estimate of drug-likeness (QED) is 0.268. The Kier molecular flexibility index (Phi) is 5.85. The van der Waals surface area contributed by atoms with Crippen LogP contribution in [-0.4, -0.2) is 25.8 Å². The monoisotopic (exact) mass is 488 g/mol. The van der Waals surface area contributed by atoms with Crippen LogP contribution in [0.15, 0.2) is 79.3 Å². The molecule has 5 aromatic rings. The number of pyridine rings is 1. The topological polar surface area (TPSA) is 95.6 Å². The van der Waals surface area contributed by atoms with E-state index in [0.717, 1.165) is 23.3 Å². The largest absolute Gasteiger partial charge is 0.416 e. The highest BCUT2D eigenvalue weighted by molar-refractivity contribution is 6.05. The van der Waals surface area contributed by atoms with Crippen molar-refractivity contribution in [2.24, 2.45) is 0 Å². The number of nitrogens with zero attached hydrogens (tertiary/aromatic N) is 3. The number of rotatable bonds is 5. The van der Waals surface area contributed by atoms with E-state index in [4.69, 9.17) is 0 Å². The Morgan fingerprint density at radius 2 is 1.86 bits per heavy atom. The molecule has 0 radical (unpaired) electrons.